The molecule has 0 fully saturated rings. The first-order valence-corrected chi connectivity index (χ1v) is 8.38. The summed E-state index contributed by atoms with van der Waals surface area (Å²) < 4.78 is 7.62. The molecule has 0 aliphatic carbocycles. The summed E-state index contributed by atoms with van der Waals surface area (Å²) in [7, 11) is 1.74. The van der Waals surface area contributed by atoms with E-state index in [2.05, 4.69) is 48.6 Å². The number of nitrogens with one attached hydrogen (secondary N) is 1. The van der Waals surface area contributed by atoms with E-state index < -0.39 is 0 Å². The Labute approximate surface area is 122 Å². The van der Waals surface area contributed by atoms with E-state index in [1.807, 2.05) is 0 Å². The second-order valence-corrected chi connectivity index (χ2v) is 6.90. The Bertz CT molecular complexity index is 539. The van der Waals surface area contributed by atoms with Crippen LogP contribution in [0.15, 0.2) is 22.5 Å². The Balaban J connectivity index is 2.20. The van der Waals surface area contributed by atoms with Crippen LogP contribution in [-0.2, 0) is 4.74 Å². The van der Waals surface area contributed by atoms with E-state index in [4.69, 9.17) is 4.74 Å². The van der Waals surface area contributed by atoms with Crippen molar-refractivity contribution in [2.75, 3.05) is 25.3 Å². The molecule has 0 amide bonds. The number of hydrogen-bond donors (Lipinski definition) is 1. The molecule has 0 spiro atoms. The third-order valence-electron chi connectivity index (χ3n) is 3.05. The molecule has 1 heterocycles. The standard InChI is InChI=1S/C14H20N2OS2/c1-9(2)12(8-17-3)15-10-5-6-11-13(7-10)19-14(16-11)18-4/h5-7,9,12,15H,8H2,1-4H3. The fourth-order valence-electron chi connectivity index (χ4n) is 1.87. The van der Waals surface area contributed by atoms with E-state index in [0.717, 1.165) is 15.5 Å². The van der Waals surface area contributed by atoms with E-state index in [0.29, 0.717) is 18.6 Å². The lowest BCUT2D eigenvalue weighted by Crippen LogP contribution is -2.30. The number of hydrogen-bond acceptors (Lipinski definition) is 5. The van der Waals surface area contributed by atoms with Crippen molar-refractivity contribution in [3.63, 3.8) is 0 Å². The van der Waals surface area contributed by atoms with Crippen LogP contribution >= 0.6 is 23.1 Å². The van der Waals surface area contributed by atoms with Crippen molar-refractivity contribution in [2.24, 2.45) is 5.92 Å². The van der Waals surface area contributed by atoms with Gasteiger partial charge in [-0.05, 0) is 30.4 Å². The highest BCUT2D eigenvalue weighted by atomic mass is 32.2. The van der Waals surface area contributed by atoms with Gasteiger partial charge in [0.05, 0.1) is 22.9 Å². The van der Waals surface area contributed by atoms with Gasteiger partial charge in [-0.2, -0.15) is 0 Å². The van der Waals surface area contributed by atoms with Gasteiger partial charge in [0.15, 0.2) is 4.34 Å². The summed E-state index contributed by atoms with van der Waals surface area (Å²) in [6.07, 6.45) is 2.06. The van der Waals surface area contributed by atoms with Crippen molar-refractivity contribution in [1.82, 2.24) is 4.98 Å². The van der Waals surface area contributed by atoms with Crippen LogP contribution in [0.25, 0.3) is 10.2 Å². The van der Waals surface area contributed by atoms with Gasteiger partial charge in [-0.25, -0.2) is 4.98 Å². The maximum atomic E-state index is 5.27. The number of methoxy groups -OCH3 is 1. The minimum atomic E-state index is 0.329. The van der Waals surface area contributed by atoms with Crippen LogP contribution in [-0.4, -0.2) is 31.0 Å². The Morgan fingerprint density at radius 1 is 1.42 bits per heavy atom. The molecule has 2 aromatic rings. The summed E-state index contributed by atoms with van der Waals surface area (Å²) in [5, 5.41) is 3.55. The Morgan fingerprint density at radius 3 is 2.84 bits per heavy atom. The van der Waals surface area contributed by atoms with Crippen molar-refractivity contribution in [1.29, 1.82) is 0 Å². The zero-order valence-electron chi connectivity index (χ0n) is 11.8. The van der Waals surface area contributed by atoms with Gasteiger partial charge in [0, 0.05) is 12.8 Å². The van der Waals surface area contributed by atoms with Gasteiger partial charge in [0.25, 0.3) is 0 Å². The fourth-order valence-corrected chi connectivity index (χ4v) is 3.40. The predicted molar refractivity (Wildman–Crippen MR) is 85.5 cm³/mol. The van der Waals surface area contributed by atoms with Crippen LogP contribution in [0.2, 0.25) is 0 Å². The van der Waals surface area contributed by atoms with Gasteiger partial charge in [-0.15, -0.1) is 11.3 Å². The lowest BCUT2D eigenvalue weighted by molar-refractivity contribution is 0.171. The average molecular weight is 296 g/mol. The van der Waals surface area contributed by atoms with E-state index >= 15 is 0 Å². The Kier molecular flexibility index (Phi) is 5.07. The van der Waals surface area contributed by atoms with Crippen LogP contribution in [0.5, 0.6) is 0 Å². The van der Waals surface area contributed by atoms with E-state index in [1.54, 1.807) is 30.2 Å². The molecule has 1 aromatic carbocycles. The molecule has 0 aliphatic heterocycles. The minimum absolute atomic E-state index is 0.329. The van der Waals surface area contributed by atoms with Crippen LogP contribution in [0.1, 0.15) is 13.8 Å². The summed E-state index contributed by atoms with van der Waals surface area (Å²) in [4.78, 5) is 4.55. The summed E-state index contributed by atoms with van der Waals surface area (Å²) in [5.74, 6) is 0.527. The van der Waals surface area contributed by atoms with Gasteiger partial charge in [0.2, 0.25) is 0 Å². The number of anilines is 1. The third-order valence-corrected chi connectivity index (χ3v) is 5.05. The molecular weight excluding hydrogens is 276 g/mol. The maximum Gasteiger partial charge on any atom is 0.150 e. The molecule has 1 N–H and O–H groups in total. The number of thioether (sulfide) groups is 1. The largest absolute Gasteiger partial charge is 0.383 e. The smallest absolute Gasteiger partial charge is 0.150 e. The lowest BCUT2D eigenvalue weighted by Gasteiger charge is -2.22. The van der Waals surface area contributed by atoms with Crippen molar-refractivity contribution in [3.8, 4) is 0 Å². The number of ether oxygens (including phenoxy) is 1. The maximum absolute atomic E-state index is 5.27. The molecule has 0 aliphatic rings. The van der Waals surface area contributed by atoms with Crippen LogP contribution < -0.4 is 5.32 Å². The van der Waals surface area contributed by atoms with Gasteiger partial charge < -0.3 is 10.1 Å². The van der Waals surface area contributed by atoms with Crippen molar-refractivity contribution < 1.29 is 4.74 Å². The molecule has 5 heteroatoms. The van der Waals surface area contributed by atoms with Gasteiger partial charge in [-0.1, -0.05) is 25.6 Å². The van der Waals surface area contributed by atoms with Crippen LogP contribution in [0.4, 0.5) is 5.69 Å². The van der Waals surface area contributed by atoms with Crippen molar-refractivity contribution in [2.45, 2.75) is 24.2 Å². The summed E-state index contributed by atoms with van der Waals surface area (Å²) in [5.41, 5.74) is 2.22. The zero-order chi connectivity index (χ0) is 13.8. The quantitative estimate of drug-likeness (QED) is 0.814. The first-order valence-electron chi connectivity index (χ1n) is 6.34. The number of rotatable bonds is 6. The Morgan fingerprint density at radius 2 is 2.21 bits per heavy atom. The summed E-state index contributed by atoms with van der Waals surface area (Å²) in [6.45, 7) is 5.12. The van der Waals surface area contributed by atoms with Crippen LogP contribution in [0, 0.1) is 5.92 Å². The first kappa shape index (κ1) is 14.6. The van der Waals surface area contributed by atoms with Crippen molar-refractivity contribution >= 4 is 39.0 Å². The molecule has 1 unspecified atom stereocenters. The highest BCUT2D eigenvalue weighted by Crippen LogP contribution is 2.30. The first-order chi connectivity index (χ1) is 9.13. The topological polar surface area (TPSA) is 34.1 Å². The number of benzene rings is 1. The Hall–Kier alpha value is -0.780. The highest BCUT2D eigenvalue weighted by molar-refractivity contribution is 8.00. The molecule has 0 saturated heterocycles. The second-order valence-electron chi connectivity index (χ2n) is 4.82. The normalized spacial score (nSPS) is 13.1. The number of aromatic nitrogens is 1. The van der Waals surface area contributed by atoms with Gasteiger partial charge in [0.1, 0.15) is 0 Å². The van der Waals surface area contributed by atoms with E-state index in [-0.39, 0.29) is 0 Å². The summed E-state index contributed by atoms with van der Waals surface area (Å²) in [6, 6.07) is 6.68. The monoisotopic (exact) mass is 296 g/mol. The number of nitrogens with zero attached hydrogens (tertiary/aromatic N) is 1. The fraction of sp³-hybridized carbons (Fsp3) is 0.500. The lowest BCUT2D eigenvalue weighted by atomic mass is 10.1. The molecule has 19 heavy (non-hydrogen) atoms. The number of thiazole rings is 1. The minimum Gasteiger partial charge on any atom is -0.383 e. The van der Waals surface area contributed by atoms with Gasteiger partial charge >= 0.3 is 0 Å². The zero-order valence-corrected chi connectivity index (χ0v) is 13.4. The van der Waals surface area contributed by atoms with Crippen LogP contribution in [0.3, 0.4) is 0 Å². The average Bonchev–Trinajstić information content (AvgIpc) is 2.80. The van der Waals surface area contributed by atoms with Crippen molar-refractivity contribution in [3.05, 3.63) is 18.2 Å². The molecule has 104 valence electrons. The molecular formula is C14H20N2OS2. The highest BCUT2D eigenvalue weighted by Gasteiger charge is 2.13. The molecule has 0 bridgehead atoms. The number of fused-ring (bicyclic) bond motifs is 1. The third kappa shape index (κ3) is 3.61. The van der Waals surface area contributed by atoms with E-state index in [9.17, 15) is 0 Å². The summed E-state index contributed by atoms with van der Waals surface area (Å²) >= 11 is 3.44. The second kappa shape index (κ2) is 6.59. The molecule has 1 atom stereocenters. The molecule has 0 radical (unpaired) electrons. The molecule has 1 aromatic heterocycles. The SMILES string of the molecule is COCC(Nc1ccc2nc(SC)sc2c1)C(C)C. The molecule has 3 nitrogen and oxygen atoms in total. The van der Waals surface area contributed by atoms with E-state index in [1.165, 1.54) is 4.70 Å². The predicted octanol–water partition coefficient (Wildman–Crippen LogP) is 4.10. The molecule has 0 saturated carbocycles. The molecule has 2 rings (SSSR count). The van der Waals surface area contributed by atoms with Gasteiger partial charge in [-0.3, -0.25) is 0 Å².